The van der Waals surface area contributed by atoms with E-state index in [9.17, 15) is 19.5 Å². The van der Waals surface area contributed by atoms with Crippen molar-refractivity contribution in [3.63, 3.8) is 0 Å². The zero-order valence-electron chi connectivity index (χ0n) is 14.7. The Morgan fingerprint density at radius 2 is 2.11 bits per heavy atom. The van der Waals surface area contributed by atoms with Gasteiger partial charge in [0.05, 0.1) is 6.26 Å². The van der Waals surface area contributed by atoms with Gasteiger partial charge in [0.15, 0.2) is 17.1 Å². The summed E-state index contributed by atoms with van der Waals surface area (Å²) in [6.07, 6.45) is 4.57. The number of furan rings is 1. The second kappa shape index (κ2) is 6.80. The average Bonchev–Trinajstić information content (AvgIpc) is 3.36. The number of carbonyl (C=O) groups excluding carboxylic acids is 2. The van der Waals surface area contributed by atoms with Crippen LogP contribution in [0.2, 0.25) is 0 Å². The minimum atomic E-state index is -1.05. The van der Waals surface area contributed by atoms with Crippen molar-refractivity contribution >= 4 is 23.4 Å². The van der Waals surface area contributed by atoms with Gasteiger partial charge in [-0.2, -0.15) is 0 Å². The number of carboxylic acids is 1. The van der Waals surface area contributed by atoms with Gasteiger partial charge in [-0.05, 0) is 37.5 Å². The second-order valence-electron chi connectivity index (χ2n) is 6.50. The number of primary amides is 1. The van der Waals surface area contributed by atoms with Crippen LogP contribution in [0.5, 0.6) is 0 Å². The number of likely N-dealkylation sites (tertiary alicyclic amines) is 1. The monoisotopic (exact) mass is 383 g/mol. The lowest BCUT2D eigenvalue weighted by Gasteiger charge is -2.33. The van der Waals surface area contributed by atoms with Crippen LogP contribution in [-0.2, 0) is 4.79 Å². The van der Waals surface area contributed by atoms with E-state index in [2.05, 4.69) is 9.97 Å². The molecule has 0 aliphatic carbocycles. The van der Waals surface area contributed by atoms with Crippen molar-refractivity contribution in [1.82, 2.24) is 19.3 Å². The highest BCUT2D eigenvalue weighted by molar-refractivity contribution is 6.00. The Labute approximate surface area is 158 Å². The third kappa shape index (κ3) is 2.88. The average molecular weight is 383 g/mol. The largest absolute Gasteiger partial charge is 0.480 e. The van der Waals surface area contributed by atoms with E-state index in [1.807, 2.05) is 0 Å². The molecular weight excluding hydrogens is 366 g/mol. The Morgan fingerprint density at radius 3 is 2.79 bits per heavy atom. The molecule has 0 radical (unpaired) electrons. The van der Waals surface area contributed by atoms with E-state index in [1.54, 1.807) is 12.1 Å². The first-order valence-corrected chi connectivity index (χ1v) is 8.73. The molecule has 0 bridgehead atoms. The molecule has 10 nitrogen and oxygen atoms in total. The maximum Gasteiger partial charge on any atom is 0.326 e. The summed E-state index contributed by atoms with van der Waals surface area (Å²) < 4.78 is 6.71. The lowest BCUT2D eigenvalue weighted by molar-refractivity contribution is -0.143. The minimum absolute atomic E-state index is 0.0871. The number of aliphatic carboxylic acids is 1. The number of carboxylic acid groups (broad SMARTS) is 1. The first kappa shape index (κ1) is 17.7. The molecule has 0 saturated carbocycles. The van der Waals surface area contributed by atoms with Gasteiger partial charge in [0, 0.05) is 6.54 Å². The summed E-state index contributed by atoms with van der Waals surface area (Å²) >= 11 is 0. The summed E-state index contributed by atoms with van der Waals surface area (Å²) in [6, 6.07) is 3.91. The van der Waals surface area contributed by atoms with E-state index in [0.717, 1.165) is 6.42 Å². The van der Waals surface area contributed by atoms with E-state index in [0.29, 0.717) is 30.8 Å². The molecule has 3 N–H and O–H groups in total. The number of hydrogen-bond acceptors (Lipinski definition) is 6. The number of amides is 2. The predicted molar refractivity (Wildman–Crippen MR) is 95.5 cm³/mol. The molecule has 1 unspecified atom stereocenters. The van der Waals surface area contributed by atoms with Crippen LogP contribution >= 0.6 is 0 Å². The standard InChI is InChI=1S/C18H17N5O5/c19-15(24)14-16-21-10(13-5-3-7-28-13)8-12(23(16)9-20-14)17(25)22-6-2-1-4-11(22)18(26)27/h3,5,7-9,11H,1-2,4,6H2,(H2,19,24)(H,26,27). The van der Waals surface area contributed by atoms with Crippen LogP contribution in [0.15, 0.2) is 35.2 Å². The van der Waals surface area contributed by atoms with Gasteiger partial charge in [-0.3, -0.25) is 14.0 Å². The third-order valence-electron chi connectivity index (χ3n) is 4.78. The Balaban J connectivity index is 1.88. The van der Waals surface area contributed by atoms with Crippen LogP contribution in [0, 0.1) is 0 Å². The third-order valence-corrected chi connectivity index (χ3v) is 4.78. The molecule has 1 atom stereocenters. The molecule has 4 rings (SSSR count). The van der Waals surface area contributed by atoms with Crippen molar-refractivity contribution in [3.8, 4) is 11.5 Å². The highest BCUT2D eigenvalue weighted by atomic mass is 16.4. The van der Waals surface area contributed by atoms with Crippen LogP contribution in [0.1, 0.15) is 40.2 Å². The SMILES string of the molecule is NC(=O)c1ncn2c(C(=O)N3CCCCC3C(=O)O)cc(-c3ccco3)nc12. The summed E-state index contributed by atoms with van der Waals surface area (Å²) in [6.45, 7) is 0.326. The van der Waals surface area contributed by atoms with Crippen LogP contribution in [0.4, 0.5) is 0 Å². The molecule has 1 saturated heterocycles. The summed E-state index contributed by atoms with van der Waals surface area (Å²) in [5.41, 5.74) is 5.83. The van der Waals surface area contributed by atoms with Gasteiger partial charge in [-0.1, -0.05) is 0 Å². The van der Waals surface area contributed by atoms with Gasteiger partial charge >= 0.3 is 5.97 Å². The molecule has 4 heterocycles. The fourth-order valence-corrected chi connectivity index (χ4v) is 3.44. The van der Waals surface area contributed by atoms with E-state index < -0.39 is 23.8 Å². The molecule has 1 aliphatic heterocycles. The van der Waals surface area contributed by atoms with E-state index >= 15 is 0 Å². The number of rotatable bonds is 4. The van der Waals surface area contributed by atoms with Crippen LogP contribution in [0.25, 0.3) is 17.1 Å². The second-order valence-corrected chi connectivity index (χ2v) is 6.50. The molecule has 3 aromatic rings. The van der Waals surface area contributed by atoms with Crippen molar-refractivity contribution in [1.29, 1.82) is 0 Å². The molecule has 1 aliphatic rings. The van der Waals surface area contributed by atoms with E-state index in [4.69, 9.17) is 10.2 Å². The summed E-state index contributed by atoms with van der Waals surface area (Å²) in [4.78, 5) is 46.2. The smallest absolute Gasteiger partial charge is 0.326 e. The molecular formula is C18H17N5O5. The highest BCUT2D eigenvalue weighted by Gasteiger charge is 2.34. The number of carbonyl (C=O) groups is 3. The molecule has 144 valence electrons. The Kier molecular flexibility index (Phi) is 4.30. The van der Waals surface area contributed by atoms with Gasteiger partial charge in [0.25, 0.3) is 11.8 Å². The van der Waals surface area contributed by atoms with Crippen LogP contribution < -0.4 is 5.73 Å². The highest BCUT2D eigenvalue weighted by Crippen LogP contribution is 2.25. The topological polar surface area (TPSA) is 144 Å². The maximum atomic E-state index is 13.3. The van der Waals surface area contributed by atoms with Gasteiger partial charge in [-0.25, -0.2) is 14.8 Å². The van der Waals surface area contributed by atoms with Crippen LogP contribution in [0.3, 0.4) is 0 Å². The number of piperidine rings is 1. The fourth-order valence-electron chi connectivity index (χ4n) is 3.44. The van der Waals surface area contributed by atoms with E-state index in [1.165, 1.54) is 28.0 Å². The molecule has 2 amide bonds. The molecule has 10 heteroatoms. The Morgan fingerprint density at radius 1 is 1.29 bits per heavy atom. The first-order chi connectivity index (χ1) is 13.5. The number of imidazole rings is 1. The summed E-state index contributed by atoms with van der Waals surface area (Å²) in [5, 5.41) is 9.50. The lowest BCUT2D eigenvalue weighted by atomic mass is 10.0. The van der Waals surface area contributed by atoms with Gasteiger partial charge in [-0.15, -0.1) is 0 Å². The molecule has 3 aromatic heterocycles. The zero-order chi connectivity index (χ0) is 19.8. The summed E-state index contributed by atoms with van der Waals surface area (Å²) in [5.74, 6) is -1.93. The van der Waals surface area contributed by atoms with Crippen molar-refractivity contribution in [2.75, 3.05) is 6.54 Å². The Hall–Kier alpha value is -3.69. The number of hydrogen-bond donors (Lipinski definition) is 2. The van der Waals surface area contributed by atoms with E-state index in [-0.39, 0.29) is 17.0 Å². The van der Waals surface area contributed by atoms with Gasteiger partial charge < -0.3 is 20.2 Å². The maximum absolute atomic E-state index is 13.3. The normalized spacial score (nSPS) is 17.0. The number of nitrogens with zero attached hydrogens (tertiary/aromatic N) is 4. The predicted octanol–water partition coefficient (Wildman–Crippen LogP) is 1.17. The number of fused-ring (bicyclic) bond motifs is 1. The van der Waals surface area contributed by atoms with Gasteiger partial charge in [0.2, 0.25) is 0 Å². The fraction of sp³-hybridized carbons (Fsp3) is 0.278. The van der Waals surface area contributed by atoms with Crippen molar-refractivity contribution < 1.29 is 23.9 Å². The Bertz CT molecular complexity index is 1070. The zero-order valence-corrected chi connectivity index (χ0v) is 14.7. The van der Waals surface area contributed by atoms with Crippen molar-refractivity contribution in [3.05, 3.63) is 42.2 Å². The quantitative estimate of drug-likeness (QED) is 0.688. The van der Waals surface area contributed by atoms with Gasteiger partial charge in [0.1, 0.15) is 23.8 Å². The van der Waals surface area contributed by atoms with Crippen molar-refractivity contribution in [2.24, 2.45) is 5.73 Å². The number of aromatic nitrogens is 3. The minimum Gasteiger partial charge on any atom is -0.480 e. The first-order valence-electron chi connectivity index (χ1n) is 8.73. The molecule has 28 heavy (non-hydrogen) atoms. The van der Waals surface area contributed by atoms with Crippen molar-refractivity contribution in [2.45, 2.75) is 25.3 Å². The number of nitrogens with two attached hydrogens (primary N) is 1. The lowest BCUT2D eigenvalue weighted by Crippen LogP contribution is -2.48. The molecule has 0 aromatic carbocycles. The van der Waals surface area contributed by atoms with Crippen LogP contribution in [-0.4, -0.2) is 54.7 Å². The molecule has 1 fully saturated rings. The summed E-state index contributed by atoms with van der Waals surface area (Å²) in [7, 11) is 0. The molecule has 0 spiro atoms.